The Morgan fingerprint density at radius 1 is 1.45 bits per heavy atom. The van der Waals surface area contributed by atoms with E-state index in [9.17, 15) is 14.9 Å². The van der Waals surface area contributed by atoms with Gasteiger partial charge in [-0.25, -0.2) is 9.48 Å². The zero-order chi connectivity index (χ0) is 14.7. The Labute approximate surface area is 117 Å². The number of benzene rings is 1. The molecule has 0 bridgehead atoms. The quantitative estimate of drug-likeness (QED) is 0.669. The second-order valence-corrected chi connectivity index (χ2v) is 4.13. The molecule has 0 saturated carbocycles. The number of carbonyl (C=O) groups is 1. The monoisotopic (exact) mass is 297 g/mol. The van der Waals surface area contributed by atoms with Crippen molar-refractivity contribution in [2.75, 3.05) is 0 Å². The van der Waals surface area contributed by atoms with Crippen LogP contribution >= 0.6 is 11.6 Å². The molecular weight excluding hydrogens is 290 g/mol. The number of carboxylic acid groups (broad SMARTS) is 1. The molecule has 0 fully saturated rings. The molecule has 1 heterocycles. The molecule has 0 spiro atoms. The van der Waals surface area contributed by atoms with Gasteiger partial charge in [-0.15, -0.1) is 0 Å². The lowest BCUT2D eigenvalue weighted by molar-refractivity contribution is -0.385. The molecule has 9 heteroatoms. The molecule has 0 unspecified atom stereocenters. The van der Waals surface area contributed by atoms with Crippen LogP contribution in [0.25, 0.3) is 0 Å². The predicted octanol–water partition coefficient (Wildman–Crippen LogP) is 2.18. The molecule has 0 atom stereocenters. The third kappa shape index (κ3) is 3.04. The van der Waals surface area contributed by atoms with Crippen molar-refractivity contribution in [3.05, 3.63) is 51.3 Å². The molecule has 0 amide bonds. The van der Waals surface area contributed by atoms with E-state index in [1.807, 2.05) is 0 Å². The van der Waals surface area contributed by atoms with Gasteiger partial charge in [0.05, 0.1) is 4.92 Å². The molecule has 2 rings (SSSR count). The van der Waals surface area contributed by atoms with Gasteiger partial charge in [0.25, 0.3) is 0 Å². The standard InChI is InChI=1S/C11H8ClN3O5/c12-7-1-3-8(4-2-7)20-6-14-5-9(15(18)19)10(13-14)11(16)17/h1-5H,6H2,(H,16,17). The zero-order valence-electron chi connectivity index (χ0n) is 9.89. The van der Waals surface area contributed by atoms with Crippen LogP contribution in [0.2, 0.25) is 5.02 Å². The normalized spacial score (nSPS) is 10.2. The summed E-state index contributed by atoms with van der Waals surface area (Å²) in [6, 6.07) is 6.45. The topological polar surface area (TPSA) is 107 Å². The van der Waals surface area contributed by atoms with Crippen molar-refractivity contribution in [1.29, 1.82) is 0 Å². The number of ether oxygens (including phenoxy) is 1. The Morgan fingerprint density at radius 2 is 2.10 bits per heavy atom. The van der Waals surface area contributed by atoms with Gasteiger partial charge in [-0.05, 0) is 24.3 Å². The first-order chi connectivity index (χ1) is 9.47. The number of nitrogens with zero attached hydrogens (tertiary/aromatic N) is 3. The summed E-state index contributed by atoms with van der Waals surface area (Å²) in [5.41, 5.74) is -1.22. The summed E-state index contributed by atoms with van der Waals surface area (Å²) in [6.45, 7) is -0.157. The highest BCUT2D eigenvalue weighted by Crippen LogP contribution is 2.18. The van der Waals surface area contributed by atoms with Crippen LogP contribution in [-0.2, 0) is 6.73 Å². The number of hydrogen-bond donors (Lipinski definition) is 1. The lowest BCUT2D eigenvalue weighted by Gasteiger charge is -2.05. The van der Waals surface area contributed by atoms with Crippen molar-refractivity contribution >= 4 is 23.3 Å². The Bertz CT molecular complexity index is 621. The highest BCUT2D eigenvalue weighted by Gasteiger charge is 2.25. The predicted molar refractivity (Wildman–Crippen MR) is 67.9 cm³/mol. The van der Waals surface area contributed by atoms with Crippen LogP contribution < -0.4 is 4.74 Å². The maximum atomic E-state index is 10.8. The van der Waals surface area contributed by atoms with E-state index in [0.717, 1.165) is 10.9 Å². The third-order valence-electron chi connectivity index (χ3n) is 2.32. The minimum atomic E-state index is -1.47. The van der Waals surface area contributed by atoms with Gasteiger partial charge in [0.15, 0.2) is 6.73 Å². The average Bonchev–Trinajstić information content (AvgIpc) is 2.83. The fourth-order valence-corrected chi connectivity index (χ4v) is 1.56. The van der Waals surface area contributed by atoms with Crippen molar-refractivity contribution in [3.63, 3.8) is 0 Å². The smallest absolute Gasteiger partial charge is 0.363 e. The van der Waals surface area contributed by atoms with Gasteiger partial charge in [-0.2, -0.15) is 5.10 Å². The molecule has 2 aromatic rings. The molecular formula is C11H8ClN3O5. The Hall–Kier alpha value is -2.61. The average molecular weight is 298 g/mol. The Balaban J connectivity index is 2.14. The summed E-state index contributed by atoms with van der Waals surface area (Å²) < 4.78 is 6.34. The molecule has 1 aromatic carbocycles. The molecule has 0 radical (unpaired) electrons. The van der Waals surface area contributed by atoms with Crippen molar-refractivity contribution < 1.29 is 19.6 Å². The SMILES string of the molecule is O=C(O)c1nn(COc2ccc(Cl)cc2)cc1[N+](=O)[O-]. The summed E-state index contributed by atoms with van der Waals surface area (Å²) in [4.78, 5) is 20.7. The summed E-state index contributed by atoms with van der Waals surface area (Å²) in [7, 11) is 0. The minimum absolute atomic E-state index is 0.157. The molecule has 8 nitrogen and oxygen atoms in total. The van der Waals surface area contributed by atoms with E-state index in [1.54, 1.807) is 24.3 Å². The van der Waals surface area contributed by atoms with Crippen molar-refractivity contribution in [2.45, 2.75) is 6.73 Å². The first-order valence-electron chi connectivity index (χ1n) is 5.31. The van der Waals surface area contributed by atoms with Crippen molar-refractivity contribution in [1.82, 2.24) is 9.78 Å². The van der Waals surface area contributed by atoms with Crippen LogP contribution in [0.5, 0.6) is 5.75 Å². The molecule has 0 aliphatic rings. The van der Waals surface area contributed by atoms with Crippen LogP contribution in [0.3, 0.4) is 0 Å². The fourth-order valence-electron chi connectivity index (χ4n) is 1.43. The second kappa shape index (κ2) is 5.57. The van der Waals surface area contributed by atoms with E-state index < -0.39 is 22.3 Å². The van der Waals surface area contributed by atoms with Gasteiger partial charge in [-0.1, -0.05) is 11.6 Å². The number of aromatic nitrogens is 2. The molecule has 0 saturated heterocycles. The number of hydrogen-bond acceptors (Lipinski definition) is 5. The Kier molecular flexibility index (Phi) is 3.85. The first kappa shape index (κ1) is 13.8. The van der Waals surface area contributed by atoms with Crippen LogP contribution in [0, 0.1) is 10.1 Å². The van der Waals surface area contributed by atoms with Crippen LogP contribution in [0.4, 0.5) is 5.69 Å². The highest BCUT2D eigenvalue weighted by molar-refractivity contribution is 6.30. The van der Waals surface area contributed by atoms with Gasteiger partial charge in [0.2, 0.25) is 5.69 Å². The largest absolute Gasteiger partial charge is 0.476 e. The van der Waals surface area contributed by atoms with E-state index in [-0.39, 0.29) is 6.73 Å². The summed E-state index contributed by atoms with van der Waals surface area (Å²) >= 11 is 5.71. The number of rotatable bonds is 5. The molecule has 0 aliphatic heterocycles. The van der Waals surface area contributed by atoms with E-state index >= 15 is 0 Å². The number of aromatic carboxylic acids is 1. The van der Waals surface area contributed by atoms with E-state index in [2.05, 4.69) is 5.10 Å². The summed E-state index contributed by atoms with van der Waals surface area (Å²) in [5.74, 6) is -0.994. The van der Waals surface area contributed by atoms with Crippen LogP contribution in [0.15, 0.2) is 30.5 Å². The first-order valence-corrected chi connectivity index (χ1v) is 5.68. The number of carboxylic acids is 1. The summed E-state index contributed by atoms with van der Waals surface area (Å²) in [6.07, 6.45) is 0.999. The molecule has 0 aliphatic carbocycles. The van der Waals surface area contributed by atoms with Crippen molar-refractivity contribution in [3.8, 4) is 5.75 Å². The van der Waals surface area contributed by atoms with E-state index in [4.69, 9.17) is 21.4 Å². The Morgan fingerprint density at radius 3 is 2.60 bits per heavy atom. The van der Waals surface area contributed by atoms with Gasteiger partial charge in [0, 0.05) is 5.02 Å². The maximum absolute atomic E-state index is 10.8. The lowest BCUT2D eigenvalue weighted by Crippen LogP contribution is -2.07. The number of halogens is 1. The molecule has 104 valence electrons. The minimum Gasteiger partial charge on any atom is -0.476 e. The van der Waals surface area contributed by atoms with Gasteiger partial charge < -0.3 is 9.84 Å². The van der Waals surface area contributed by atoms with Gasteiger partial charge in [-0.3, -0.25) is 10.1 Å². The lowest BCUT2D eigenvalue weighted by atomic mass is 10.3. The van der Waals surface area contributed by atoms with E-state index in [1.165, 1.54) is 0 Å². The van der Waals surface area contributed by atoms with Gasteiger partial charge >= 0.3 is 11.7 Å². The zero-order valence-corrected chi connectivity index (χ0v) is 10.6. The molecule has 1 aromatic heterocycles. The maximum Gasteiger partial charge on any atom is 0.363 e. The second-order valence-electron chi connectivity index (χ2n) is 3.69. The summed E-state index contributed by atoms with van der Waals surface area (Å²) in [5, 5.41) is 23.6. The number of nitro groups is 1. The van der Waals surface area contributed by atoms with Crippen molar-refractivity contribution in [2.24, 2.45) is 0 Å². The molecule has 1 N–H and O–H groups in total. The van der Waals surface area contributed by atoms with Gasteiger partial charge in [0.1, 0.15) is 11.9 Å². The van der Waals surface area contributed by atoms with Crippen LogP contribution in [0.1, 0.15) is 10.5 Å². The molecule has 20 heavy (non-hydrogen) atoms. The third-order valence-corrected chi connectivity index (χ3v) is 2.57. The van der Waals surface area contributed by atoms with E-state index in [0.29, 0.717) is 10.8 Å². The van der Waals surface area contributed by atoms with Crippen LogP contribution in [-0.4, -0.2) is 25.8 Å². The highest BCUT2D eigenvalue weighted by atomic mass is 35.5. The fraction of sp³-hybridized carbons (Fsp3) is 0.0909.